The molecule has 0 atom stereocenters. The van der Waals surface area contributed by atoms with Gasteiger partial charge in [-0.3, -0.25) is 0 Å². The van der Waals surface area contributed by atoms with E-state index < -0.39 is 10.0 Å². The maximum atomic E-state index is 11.5. The maximum absolute atomic E-state index is 11.5. The second kappa shape index (κ2) is 6.71. The molecule has 0 aliphatic heterocycles. The van der Waals surface area contributed by atoms with Crippen LogP contribution >= 0.6 is 11.6 Å². The first-order valence-corrected chi connectivity index (χ1v) is 7.49. The monoisotopic (exact) mass is 255 g/mol. The lowest BCUT2D eigenvalue weighted by molar-refractivity contribution is 0.457. The lowest BCUT2D eigenvalue weighted by Crippen LogP contribution is -2.32. The summed E-state index contributed by atoms with van der Waals surface area (Å²) in [6, 6.07) is 0. The van der Waals surface area contributed by atoms with Crippen molar-refractivity contribution < 1.29 is 8.42 Å². The van der Waals surface area contributed by atoms with E-state index in [0.29, 0.717) is 12.4 Å². The molecule has 3 nitrogen and oxygen atoms in total. The van der Waals surface area contributed by atoms with E-state index in [1.54, 1.807) is 0 Å². The number of hydrogen-bond acceptors (Lipinski definition) is 2. The van der Waals surface area contributed by atoms with E-state index in [0.717, 1.165) is 19.3 Å². The SMILES string of the molecule is CC(C)(C)CS(=O)(=O)NCCCCCCl. The van der Waals surface area contributed by atoms with Gasteiger partial charge in [0.25, 0.3) is 0 Å². The summed E-state index contributed by atoms with van der Waals surface area (Å²) in [7, 11) is -3.11. The lowest BCUT2D eigenvalue weighted by Gasteiger charge is -2.18. The van der Waals surface area contributed by atoms with Crippen molar-refractivity contribution in [1.82, 2.24) is 4.72 Å². The summed E-state index contributed by atoms with van der Waals surface area (Å²) in [5.41, 5.74) is -0.192. The average Bonchev–Trinajstić information content (AvgIpc) is 1.99. The molecule has 0 rings (SSSR count). The van der Waals surface area contributed by atoms with Crippen molar-refractivity contribution in [3.05, 3.63) is 0 Å². The topological polar surface area (TPSA) is 46.2 Å². The highest BCUT2D eigenvalue weighted by Crippen LogP contribution is 2.15. The molecule has 0 aromatic rings. The zero-order valence-corrected chi connectivity index (χ0v) is 11.4. The first kappa shape index (κ1) is 15.2. The molecule has 0 spiro atoms. The predicted molar refractivity (Wildman–Crippen MR) is 65.8 cm³/mol. The first-order valence-electron chi connectivity index (χ1n) is 5.30. The van der Waals surface area contributed by atoms with E-state index in [9.17, 15) is 8.42 Å². The minimum absolute atomic E-state index is 0.176. The van der Waals surface area contributed by atoms with Crippen molar-refractivity contribution in [1.29, 1.82) is 0 Å². The molecule has 0 aromatic carbocycles. The molecule has 15 heavy (non-hydrogen) atoms. The third-order valence-electron chi connectivity index (χ3n) is 1.76. The van der Waals surface area contributed by atoms with Gasteiger partial charge in [-0.2, -0.15) is 0 Å². The van der Waals surface area contributed by atoms with Crippen LogP contribution in [0.1, 0.15) is 40.0 Å². The van der Waals surface area contributed by atoms with E-state index in [1.165, 1.54) is 0 Å². The molecule has 1 N–H and O–H groups in total. The van der Waals surface area contributed by atoms with Crippen LogP contribution in [0.4, 0.5) is 0 Å². The Morgan fingerprint density at radius 2 is 1.73 bits per heavy atom. The van der Waals surface area contributed by atoms with Gasteiger partial charge in [-0.05, 0) is 18.3 Å². The number of halogens is 1. The smallest absolute Gasteiger partial charge is 0.212 e. The second-order valence-electron chi connectivity index (χ2n) is 4.96. The largest absolute Gasteiger partial charge is 0.215 e. The fraction of sp³-hybridized carbons (Fsp3) is 1.00. The average molecular weight is 256 g/mol. The first-order chi connectivity index (χ1) is 6.77. The lowest BCUT2D eigenvalue weighted by atomic mass is 10.0. The highest BCUT2D eigenvalue weighted by atomic mass is 35.5. The van der Waals surface area contributed by atoms with Crippen molar-refractivity contribution in [2.24, 2.45) is 5.41 Å². The third-order valence-corrected chi connectivity index (χ3v) is 3.91. The molecule has 0 saturated carbocycles. The van der Waals surface area contributed by atoms with Crippen LogP contribution in [0.2, 0.25) is 0 Å². The number of nitrogens with one attached hydrogen (secondary N) is 1. The van der Waals surface area contributed by atoms with Crippen LogP contribution in [0.15, 0.2) is 0 Å². The third kappa shape index (κ3) is 10.5. The van der Waals surface area contributed by atoms with Gasteiger partial charge in [0.05, 0.1) is 5.75 Å². The van der Waals surface area contributed by atoms with Crippen LogP contribution in [0.25, 0.3) is 0 Å². The molecule has 0 unspecified atom stereocenters. The summed E-state index contributed by atoms with van der Waals surface area (Å²) in [4.78, 5) is 0. The highest BCUT2D eigenvalue weighted by Gasteiger charge is 2.20. The highest BCUT2D eigenvalue weighted by molar-refractivity contribution is 7.89. The van der Waals surface area contributed by atoms with E-state index >= 15 is 0 Å². The van der Waals surface area contributed by atoms with Gasteiger partial charge in [-0.25, -0.2) is 13.1 Å². The van der Waals surface area contributed by atoms with Gasteiger partial charge < -0.3 is 0 Å². The Labute approximate surface area is 98.6 Å². The van der Waals surface area contributed by atoms with Crippen molar-refractivity contribution in [3.63, 3.8) is 0 Å². The summed E-state index contributed by atoms with van der Waals surface area (Å²) in [6.45, 7) is 6.27. The van der Waals surface area contributed by atoms with Crippen molar-refractivity contribution >= 4 is 21.6 Å². The Morgan fingerprint density at radius 1 is 1.13 bits per heavy atom. The van der Waals surface area contributed by atoms with Crippen LogP contribution in [0.5, 0.6) is 0 Å². The van der Waals surface area contributed by atoms with Gasteiger partial charge in [0, 0.05) is 12.4 Å². The molecule has 5 heteroatoms. The molecule has 0 amide bonds. The summed E-state index contributed by atoms with van der Waals surface area (Å²) in [5.74, 6) is 0.824. The van der Waals surface area contributed by atoms with E-state index in [1.807, 2.05) is 20.8 Å². The van der Waals surface area contributed by atoms with Gasteiger partial charge in [-0.1, -0.05) is 27.2 Å². The van der Waals surface area contributed by atoms with Crippen LogP contribution in [0, 0.1) is 5.41 Å². The zero-order chi connectivity index (χ0) is 11.9. The van der Waals surface area contributed by atoms with E-state index in [4.69, 9.17) is 11.6 Å². The molecule has 0 saturated heterocycles. The fourth-order valence-electron chi connectivity index (χ4n) is 1.25. The minimum atomic E-state index is -3.11. The normalized spacial score (nSPS) is 13.1. The molecule has 92 valence electrons. The van der Waals surface area contributed by atoms with Crippen LogP contribution in [0.3, 0.4) is 0 Å². The van der Waals surface area contributed by atoms with Gasteiger partial charge in [-0.15, -0.1) is 11.6 Å². The van der Waals surface area contributed by atoms with Crippen LogP contribution in [-0.2, 0) is 10.0 Å². The van der Waals surface area contributed by atoms with Crippen LogP contribution < -0.4 is 4.72 Å². The second-order valence-corrected chi connectivity index (χ2v) is 7.15. The van der Waals surface area contributed by atoms with Crippen LogP contribution in [-0.4, -0.2) is 26.6 Å². The number of unbranched alkanes of at least 4 members (excludes halogenated alkanes) is 2. The number of rotatable bonds is 7. The Kier molecular flexibility index (Phi) is 6.80. The molecule has 0 aliphatic carbocycles. The Balaban J connectivity index is 3.76. The number of hydrogen-bond donors (Lipinski definition) is 1. The molecule has 0 radical (unpaired) electrons. The van der Waals surface area contributed by atoms with E-state index in [2.05, 4.69) is 4.72 Å². The molecule has 0 aliphatic rings. The summed E-state index contributed by atoms with van der Waals surface area (Å²) in [6.07, 6.45) is 2.78. The fourth-order valence-corrected chi connectivity index (χ4v) is 3.13. The molecular weight excluding hydrogens is 234 g/mol. The summed E-state index contributed by atoms with van der Waals surface area (Å²) < 4.78 is 25.7. The Hall–Kier alpha value is 0.200. The maximum Gasteiger partial charge on any atom is 0.212 e. The number of alkyl halides is 1. The zero-order valence-electron chi connectivity index (χ0n) is 9.85. The molecule has 0 fully saturated rings. The summed E-state index contributed by atoms with van der Waals surface area (Å²) in [5, 5.41) is 0. The predicted octanol–water partition coefficient (Wildman–Crippen LogP) is 2.36. The molecule has 0 heterocycles. The Morgan fingerprint density at radius 3 is 2.20 bits per heavy atom. The van der Waals surface area contributed by atoms with Crippen molar-refractivity contribution in [2.75, 3.05) is 18.2 Å². The van der Waals surface area contributed by atoms with Gasteiger partial charge in [0.2, 0.25) is 10.0 Å². The van der Waals surface area contributed by atoms with Crippen molar-refractivity contribution in [3.8, 4) is 0 Å². The van der Waals surface area contributed by atoms with Gasteiger partial charge in [0.15, 0.2) is 0 Å². The molecular formula is C10H22ClNO2S. The minimum Gasteiger partial charge on any atom is -0.215 e. The number of sulfonamides is 1. The van der Waals surface area contributed by atoms with Gasteiger partial charge >= 0.3 is 0 Å². The quantitative estimate of drug-likeness (QED) is 0.561. The standard InChI is InChI=1S/C10H22ClNO2S/c1-10(2,3)9-15(13,14)12-8-6-4-5-7-11/h12H,4-9H2,1-3H3. The van der Waals surface area contributed by atoms with E-state index in [-0.39, 0.29) is 11.2 Å². The van der Waals surface area contributed by atoms with Crippen molar-refractivity contribution in [2.45, 2.75) is 40.0 Å². The Bertz CT molecular complexity index is 257. The van der Waals surface area contributed by atoms with Gasteiger partial charge in [0.1, 0.15) is 0 Å². The molecule has 0 bridgehead atoms. The molecule has 0 aromatic heterocycles. The summed E-state index contributed by atoms with van der Waals surface area (Å²) >= 11 is 5.52.